The number of halogens is 1. The van der Waals surface area contributed by atoms with Gasteiger partial charge < -0.3 is 4.98 Å². The van der Waals surface area contributed by atoms with Gasteiger partial charge in [0.15, 0.2) is 0 Å². The number of imidazole rings is 1. The second-order valence-corrected chi connectivity index (χ2v) is 3.99. The van der Waals surface area contributed by atoms with Gasteiger partial charge in [-0.25, -0.2) is 14.8 Å². The molecule has 0 aliphatic rings. The minimum absolute atomic E-state index is 0.308. The van der Waals surface area contributed by atoms with Gasteiger partial charge in [-0.3, -0.25) is 0 Å². The summed E-state index contributed by atoms with van der Waals surface area (Å²) in [5, 5.41) is 3.96. The highest BCUT2D eigenvalue weighted by Crippen LogP contribution is 2.13. The number of nitrogens with one attached hydrogen (secondary N) is 2. The van der Waals surface area contributed by atoms with Gasteiger partial charge in [0.1, 0.15) is 5.82 Å². The Morgan fingerprint density at radius 1 is 1.11 bits per heavy atom. The largest absolute Gasteiger partial charge is 0.323 e. The first-order chi connectivity index (χ1) is 9.33. The zero-order valence-corrected chi connectivity index (χ0v) is 9.97. The Hall–Kier alpha value is -2.69. The third-order valence-electron chi connectivity index (χ3n) is 2.67. The van der Waals surface area contributed by atoms with Crippen molar-refractivity contribution in [2.75, 3.05) is 5.43 Å². The molecule has 2 N–H and O–H groups in total. The van der Waals surface area contributed by atoms with Crippen LogP contribution in [0.2, 0.25) is 0 Å². The second-order valence-electron chi connectivity index (χ2n) is 3.99. The number of hydrogen-bond acceptors (Lipinski definition) is 3. The Bertz CT molecular complexity index is 700. The molecule has 0 aliphatic heterocycles. The highest BCUT2D eigenvalue weighted by atomic mass is 19.1. The summed E-state index contributed by atoms with van der Waals surface area (Å²) in [5.41, 5.74) is 4.94. The van der Waals surface area contributed by atoms with Gasteiger partial charge in [0.05, 0.1) is 17.2 Å². The average molecular weight is 254 g/mol. The molecule has 4 nitrogen and oxygen atoms in total. The Morgan fingerprint density at radius 3 is 2.74 bits per heavy atom. The monoisotopic (exact) mass is 254 g/mol. The van der Waals surface area contributed by atoms with Crippen LogP contribution in [0.5, 0.6) is 0 Å². The maximum absolute atomic E-state index is 13.3. The number of hydrogen-bond donors (Lipinski definition) is 2. The van der Waals surface area contributed by atoms with Gasteiger partial charge in [-0.1, -0.05) is 30.3 Å². The van der Waals surface area contributed by atoms with Gasteiger partial charge in [-0.05, 0) is 18.2 Å². The zero-order valence-electron chi connectivity index (χ0n) is 9.97. The summed E-state index contributed by atoms with van der Waals surface area (Å²) in [7, 11) is 0. The molecule has 0 atom stereocenters. The lowest BCUT2D eigenvalue weighted by Gasteiger charge is -1.95. The summed E-state index contributed by atoms with van der Waals surface area (Å²) >= 11 is 0. The molecular weight excluding hydrogens is 243 g/mol. The Balaban J connectivity index is 1.77. The molecule has 0 unspecified atom stereocenters. The van der Waals surface area contributed by atoms with E-state index in [9.17, 15) is 4.39 Å². The van der Waals surface area contributed by atoms with Crippen molar-refractivity contribution in [1.82, 2.24) is 9.97 Å². The molecule has 1 aromatic heterocycles. The van der Waals surface area contributed by atoms with Crippen molar-refractivity contribution in [3.05, 3.63) is 59.9 Å². The molecule has 1 heterocycles. The summed E-state index contributed by atoms with van der Waals surface area (Å²) < 4.78 is 13.3. The predicted molar refractivity (Wildman–Crippen MR) is 73.7 cm³/mol. The molecule has 94 valence electrons. The molecule has 0 radical (unpaired) electrons. The minimum atomic E-state index is -0.308. The Kier molecular flexibility index (Phi) is 2.94. The molecule has 0 amide bonds. The molecule has 0 fully saturated rings. The van der Waals surface area contributed by atoms with Crippen molar-refractivity contribution in [3.63, 3.8) is 0 Å². The number of H-pyrrole nitrogens is 1. The Labute approximate surface area is 109 Å². The Morgan fingerprint density at radius 2 is 1.89 bits per heavy atom. The van der Waals surface area contributed by atoms with E-state index in [4.69, 9.17) is 0 Å². The molecule has 0 saturated carbocycles. The first-order valence-corrected chi connectivity index (χ1v) is 5.81. The van der Waals surface area contributed by atoms with Crippen LogP contribution in [0.1, 0.15) is 5.56 Å². The summed E-state index contributed by atoms with van der Waals surface area (Å²) in [6.45, 7) is 0. The van der Waals surface area contributed by atoms with Crippen LogP contribution in [-0.2, 0) is 0 Å². The average Bonchev–Trinajstić information content (AvgIpc) is 2.83. The van der Waals surface area contributed by atoms with E-state index < -0.39 is 0 Å². The first kappa shape index (κ1) is 11.4. The predicted octanol–water partition coefficient (Wildman–Crippen LogP) is 3.15. The van der Waals surface area contributed by atoms with Crippen molar-refractivity contribution in [1.29, 1.82) is 0 Å². The highest BCUT2D eigenvalue weighted by Gasteiger charge is 2.00. The van der Waals surface area contributed by atoms with E-state index in [1.165, 1.54) is 12.3 Å². The zero-order chi connectivity index (χ0) is 13.1. The lowest BCUT2D eigenvalue weighted by atomic mass is 10.2. The molecule has 0 aliphatic carbocycles. The van der Waals surface area contributed by atoms with E-state index in [-0.39, 0.29) is 5.82 Å². The number of anilines is 1. The molecule has 3 rings (SSSR count). The maximum Gasteiger partial charge on any atom is 0.222 e. The SMILES string of the molecule is Fc1ccccc1/C=N/Nc1nc2ccccc2[nH]1. The lowest BCUT2D eigenvalue weighted by molar-refractivity contribution is 0.626. The number of nitrogens with zero attached hydrogens (tertiary/aromatic N) is 2. The van der Waals surface area contributed by atoms with E-state index in [0.717, 1.165) is 11.0 Å². The topological polar surface area (TPSA) is 53.1 Å². The first-order valence-electron chi connectivity index (χ1n) is 5.81. The van der Waals surface area contributed by atoms with Gasteiger partial charge in [0.2, 0.25) is 5.95 Å². The van der Waals surface area contributed by atoms with Crippen molar-refractivity contribution in [3.8, 4) is 0 Å². The van der Waals surface area contributed by atoms with Crippen LogP contribution in [0.25, 0.3) is 11.0 Å². The maximum atomic E-state index is 13.3. The van der Waals surface area contributed by atoms with E-state index in [1.807, 2.05) is 24.3 Å². The lowest BCUT2D eigenvalue weighted by Crippen LogP contribution is -1.94. The van der Waals surface area contributed by atoms with E-state index in [1.54, 1.807) is 18.2 Å². The van der Waals surface area contributed by atoms with Crippen LogP contribution < -0.4 is 5.43 Å². The number of fused-ring (bicyclic) bond motifs is 1. The molecule has 0 saturated heterocycles. The third kappa shape index (κ3) is 2.44. The normalized spacial score (nSPS) is 11.2. The third-order valence-corrected chi connectivity index (χ3v) is 2.67. The molecule has 19 heavy (non-hydrogen) atoms. The highest BCUT2D eigenvalue weighted by molar-refractivity contribution is 5.81. The van der Waals surface area contributed by atoms with E-state index in [0.29, 0.717) is 11.5 Å². The molecule has 0 bridgehead atoms. The molecule has 2 aromatic carbocycles. The van der Waals surface area contributed by atoms with Gasteiger partial charge in [-0.15, -0.1) is 0 Å². The number of hydrazone groups is 1. The quantitative estimate of drug-likeness (QED) is 0.557. The van der Waals surface area contributed by atoms with Crippen LogP contribution in [0.4, 0.5) is 10.3 Å². The summed E-state index contributed by atoms with van der Waals surface area (Å²) in [6.07, 6.45) is 1.42. The number of aromatic nitrogens is 2. The van der Waals surface area contributed by atoms with Crippen LogP contribution in [0.15, 0.2) is 53.6 Å². The molecule has 5 heteroatoms. The van der Waals surface area contributed by atoms with E-state index in [2.05, 4.69) is 20.5 Å². The van der Waals surface area contributed by atoms with Gasteiger partial charge >= 0.3 is 0 Å². The fourth-order valence-corrected chi connectivity index (χ4v) is 1.75. The van der Waals surface area contributed by atoms with Crippen molar-refractivity contribution >= 4 is 23.2 Å². The van der Waals surface area contributed by atoms with Gasteiger partial charge in [0, 0.05) is 5.56 Å². The molecular formula is C14H11FN4. The number of para-hydroxylation sites is 2. The summed E-state index contributed by atoms with van der Waals surface area (Å²) in [6, 6.07) is 14.1. The van der Waals surface area contributed by atoms with Crippen LogP contribution in [-0.4, -0.2) is 16.2 Å². The molecule has 3 aromatic rings. The van der Waals surface area contributed by atoms with Crippen LogP contribution in [0.3, 0.4) is 0 Å². The fraction of sp³-hybridized carbons (Fsp3) is 0. The standard InChI is InChI=1S/C14H11FN4/c15-11-6-2-1-5-10(11)9-16-19-14-17-12-7-3-4-8-13(12)18-14/h1-9H,(H2,17,18,19)/b16-9+. The van der Waals surface area contributed by atoms with Gasteiger partial charge in [0.25, 0.3) is 0 Å². The second kappa shape index (κ2) is 4.89. The molecule has 0 spiro atoms. The fourth-order valence-electron chi connectivity index (χ4n) is 1.75. The van der Waals surface area contributed by atoms with E-state index >= 15 is 0 Å². The van der Waals surface area contributed by atoms with Crippen molar-refractivity contribution in [2.45, 2.75) is 0 Å². The summed E-state index contributed by atoms with van der Waals surface area (Å²) in [4.78, 5) is 7.36. The van der Waals surface area contributed by atoms with Gasteiger partial charge in [-0.2, -0.15) is 5.10 Å². The van der Waals surface area contributed by atoms with Crippen molar-refractivity contribution < 1.29 is 4.39 Å². The van der Waals surface area contributed by atoms with Crippen molar-refractivity contribution in [2.24, 2.45) is 5.10 Å². The summed E-state index contributed by atoms with van der Waals surface area (Å²) in [5.74, 6) is 0.214. The van der Waals surface area contributed by atoms with Crippen LogP contribution in [0, 0.1) is 5.82 Å². The number of rotatable bonds is 3. The number of benzene rings is 2. The smallest absolute Gasteiger partial charge is 0.222 e. The number of aromatic amines is 1. The minimum Gasteiger partial charge on any atom is -0.323 e. The van der Waals surface area contributed by atoms with Crippen LogP contribution >= 0.6 is 0 Å².